The third-order valence-corrected chi connectivity index (χ3v) is 2.12. The van der Waals surface area contributed by atoms with Gasteiger partial charge >= 0.3 is 5.97 Å². The first kappa shape index (κ1) is 12.1. The van der Waals surface area contributed by atoms with E-state index in [0.717, 1.165) is 12.8 Å². The molecule has 0 saturated carbocycles. The minimum Gasteiger partial charge on any atom is -0.452 e. The van der Waals surface area contributed by atoms with Crippen LogP contribution in [0.4, 0.5) is 0 Å². The maximum atomic E-state index is 11.2. The van der Waals surface area contributed by atoms with E-state index < -0.39 is 11.6 Å². The molecule has 0 spiro atoms. The molecule has 0 aliphatic carbocycles. The third-order valence-electron chi connectivity index (χ3n) is 2.12. The van der Waals surface area contributed by atoms with Gasteiger partial charge in [0.05, 0.1) is 0 Å². The van der Waals surface area contributed by atoms with Gasteiger partial charge in [-0.3, -0.25) is 9.59 Å². The van der Waals surface area contributed by atoms with E-state index in [1.54, 1.807) is 6.92 Å². The van der Waals surface area contributed by atoms with Gasteiger partial charge in [-0.2, -0.15) is 0 Å². The van der Waals surface area contributed by atoms with Crippen LogP contribution in [-0.2, 0) is 14.3 Å². The monoisotopic (exact) mass is 186 g/mol. The van der Waals surface area contributed by atoms with Gasteiger partial charge in [0.2, 0.25) is 0 Å². The van der Waals surface area contributed by atoms with Crippen LogP contribution in [0.25, 0.3) is 0 Å². The third kappa shape index (κ3) is 4.06. The summed E-state index contributed by atoms with van der Waals surface area (Å²) in [6.07, 6.45) is 2.49. The fourth-order valence-electron chi connectivity index (χ4n) is 1.13. The molecule has 0 aliphatic rings. The molecule has 13 heavy (non-hydrogen) atoms. The highest BCUT2D eigenvalue weighted by molar-refractivity contribution is 5.86. The van der Waals surface area contributed by atoms with Crippen LogP contribution in [0.3, 0.4) is 0 Å². The molecule has 0 aromatic heterocycles. The average molecular weight is 186 g/mol. The molecule has 76 valence electrons. The number of carbonyl (C=O) groups is 2. The summed E-state index contributed by atoms with van der Waals surface area (Å²) in [4.78, 5) is 22.0. The second kappa shape index (κ2) is 5.00. The summed E-state index contributed by atoms with van der Waals surface area (Å²) >= 11 is 0. The number of ether oxygens (including phenoxy) is 1. The lowest BCUT2D eigenvalue weighted by atomic mass is 9.95. The van der Waals surface area contributed by atoms with Crippen LogP contribution < -0.4 is 0 Å². The van der Waals surface area contributed by atoms with E-state index in [9.17, 15) is 9.59 Å². The highest BCUT2D eigenvalue weighted by Crippen LogP contribution is 2.20. The fraction of sp³-hybridized carbons (Fsp3) is 0.800. The summed E-state index contributed by atoms with van der Waals surface area (Å²) in [5.74, 6) is -0.482. The molecule has 0 aliphatic heterocycles. The van der Waals surface area contributed by atoms with Gasteiger partial charge in [0.1, 0.15) is 0 Å². The van der Waals surface area contributed by atoms with Gasteiger partial charge < -0.3 is 4.74 Å². The molecule has 0 aromatic rings. The Morgan fingerprint density at radius 2 is 1.85 bits per heavy atom. The zero-order valence-corrected chi connectivity index (χ0v) is 8.85. The van der Waals surface area contributed by atoms with Gasteiger partial charge in [0.25, 0.3) is 0 Å². The molecular formula is C10H18O3. The zero-order valence-electron chi connectivity index (χ0n) is 8.85. The van der Waals surface area contributed by atoms with Crippen LogP contribution in [0.5, 0.6) is 0 Å². The molecule has 3 nitrogen and oxygen atoms in total. The number of esters is 1. The Hall–Kier alpha value is -0.860. The lowest BCUT2D eigenvalue weighted by Crippen LogP contribution is -2.38. The van der Waals surface area contributed by atoms with E-state index in [1.807, 2.05) is 6.92 Å². The van der Waals surface area contributed by atoms with Crippen LogP contribution in [0.15, 0.2) is 0 Å². The lowest BCUT2D eigenvalue weighted by Gasteiger charge is -2.25. The zero-order chi connectivity index (χ0) is 10.5. The minimum atomic E-state index is -0.915. The van der Waals surface area contributed by atoms with Gasteiger partial charge in [-0.05, 0) is 26.7 Å². The maximum absolute atomic E-state index is 11.2. The highest BCUT2D eigenvalue weighted by Gasteiger charge is 2.32. The van der Waals surface area contributed by atoms with E-state index in [2.05, 4.69) is 0 Å². The first-order valence-corrected chi connectivity index (χ1v) is 4.63. The molecule has 1 atom stereocenters. The Balaban J connectivity index is 4.34. The van der Waals surface area contributed by atoms with Crippen molar-refractivity contribution in [3.63, 3.8) is 0 Å². The van der Waals surface area contributed by atoms with E-state index in [4.69, 9.17) is 4.74 Å². The molecule has 0 aromatic carbocycles. The second-order valence-electron chi connectivity index (χ2n) is 3.48. The molecule has 0 rings (SSSR count). The van der Waals surface area contributed by atoms with Crippen molar-refractivity contribution in [1.29, 1.82) is 0 Å². The summed E-state index contributed by atoms with van der Waals surface area (Å²) in [6.45, 7) is 6.49. The molecule has 0 amide bonds. The predicted molar refractivity (Wildman–Crippen MR) is 50.4 cm³/mol. The van der Waals surface area contributed by atoms with Crippen LogP contribution in [0.2, 0.25) is 0 Å². The van der Waals surface area contributed by atoms with E-state index in [-0.39, 0.29) is 5.78 Å². The molecular weight excluding hydrogens is 168 g/mol. The normalized spacial score (nSPS) is 14.8. The number of ketones is 1. The SMILES string of the molecule is CCCCC(C)(OC(C)=O)C(C)=O. The topological polar surface area (TPSA) is 43.4 Å². The summed E-state index contributed by atoms with van der Waals surface area (Å²) in [5.41, 5.74) is -0.915. The molecule has 0 fully saturated rings. The minimum absolute atomic E-state index is 0.0869. The molecule has 0 radical (unpaired) electrons. The molecule has 1 unspecified atom stereocenters. The summed E-state index contributed by atoms with van der Waals surface area (Å²) < 4.78 is 5.01. The van der Waals surface area contributed by atoms with Gasteiger partial charge in [-0.25, -0.2) is 0 Å². The van der Waals surface area contributed by atoms with Crippen molar-refractivity contribution in [2.75, 3.05) is 0 Å². The van der Waals surface area contributed by atoms with E-state index in [1.165, 1.54) is 13.8 Å². The van der Waals surface area contributed by atoms with Crippen molar-refractivity contribution in [2.24, 2.45) is 0 Å². The Morgan fingerprint density at radius 1 is 1.31 bits per heavy atom. The molecule has 0 saturated heterocycles. The fourth-order valence-corrected chi connectivity index (χ4v) is 1.13. The molecule has 0 heterocycles. The summed E-state index contributed by atoms with van der Waals surface area (Å²) in [5, 5.41) is 0. The first-order chi connectivity index (χ1) is 5.92. The summed E-state index contributed by atoms with van der Waals surface area (Å²) in [6, 6.07) is 0. The second-order valence-corrected chi connectivity index (χ2v) is 3.48. The van der Waals surface area contributed by atoms with Crippen LogP contribution in [0.1, 0.15) is 47.0 Å². The van der Waals surface area contributed by atoms with Crippen molar-refractivity contribution in [3.8, 4) is 0 Å². The van der Waals surface area contributed by atoms with Crippen molar-refractivity contribution in [1.82, 2.24) is 0 Å². The van der Waals surface area contributed by atoms with E-state index in [0.29, 0.717) is 6.42 Å². The first-order valence-electron chi connectivity index (χ1n) is 4.63. The largest absolute Gasteiger partial charge is 0.452 e. The maximum Gasteiger partial charge on any atom is 0.303 e. The smallest absolute Gasteiger partial charge is 0.303 e. The number of rotatable bonds is 5. The number of hydrogen-bond donors (Lipinski definition) is 0. The number of unbranched alkanes of at least 4 members (excludes halogenated alkanes) is 1. The van der Waals surface area contributed by atoms with Gasteiger partial charge in [0.15, 0.2) is 11.4 Å². The average Bonchev–Trinajstić information content (AvgIpc) is 1.99. The predicted octanol–water partition coefficient (Wildman–Crippen LogP) is 2.09. The van der Waals surface area contributed by atoms with Crippen LogP contribution >= 0.6 is 0 Å². The van der Waals surface area contributed by atoms with Crippen molar-refractivity contribution >= 4 is 11.8 Å². The van der Waals surface area contributed by atoms with Gasteiger partial charge in [-0.15, -0.1) is 0 Å². The Labute approximate surface area is 79.5 Å². The quantitative estimate of drug-likeness (QED) is 0.617. The standard InChI is InChI=1S/C10H18O3/c1-5-6-7-10(4,8(2)11)13-9(3)12/h5-7H2,1-4H3. The van der Waals surface area contributed by atoms with Crippen molar-refractivity contribution in [3.05, 3.63) is 0 Å². The molecule has 0 bridgehead atoms. The van der Waals surface area contributed by atoms with Gasteiger partial charge in [0, 0.05) is 6.92 Å². The van der Waals surface area contributed by atoms with Crippen LogP contribution in [-0.4, -0.2) is 17.4 Å². The number of Topliss-reactive ketones (excluding diaryl/α,β-unsaturated/α-hetero) is 1. The number of hydrogen-bond acceptors (Lipinski definition) is 3. The Morgan fingerprint density at radius 3 is 2.15 bits per heavy atom. The Kier molecular flexibility index (Phi) is 4.67. The van der Waals surface area contributed by atoms with E-state index >= 15 is 0 Å². The highest BCUT2D eigenvalue weighted by atomic mass is 16.6. The molecule has 0 N–H and O–H groups in total. The summed E-state index contributed by atoms with van der Waals surface area (Å²) in [7, 11) is 0. The van der Waals surface area contributed by atoms with Crippen molar-refractivity contribution < 1.29 is 14.3 Å². The van der Waals surface area contributed by atoms with Gasteiger partial charge in [-0.1, -0.05) is 13.3 Å². The lowest BCUT2D eigenvalue weighted by molar-refractivity contribution is -0.163. The van der Waals surface area contributed by atoms with Crippen LogP contribution in [0, 0.1) is 0 Å². The van der Waals surface area contributed by atoms with Crippen molar-refractivity contribution in [2.45, 2.75) is 52.6 Å². The molecule has 3 heteroatoms. The number of carbonyl (C=O) groups excluding carboxylic acids is 2. The Bertz CT molecular complexity index is 198.